The van der Waals surface area contributed by atoms with Crippen molar-refractivity contribution in [3.63, 3.8) is 0 Å². The molecule has 1 N–H and O–H groups in total. The van der Waals surface area contributed by atoms with Crippen molar-refractivity contribution in [3.05, 3.63) is 76.9 Å². The van der Waals surface area contributed by atoms with Gasteiger partial charge < -0.3 is 10.2 Å². The molecular formula is C24H26N2O. The highest BCUT2D eigenvalue weighted by Crippen LogP contribution is 2.43. The van der Waals surface area contributed by atoms with Crippen LogP contribution in [0.1, 0.15) is 52.2 Å². The Morgan fingerprint density at radius 2 is 1.81 bits per heavy atom. The molecule has 3 nitrogen and oxygen atoms in total. The Balaban J connectivity index is 1.35. The summed E-state index contributed by atoms with van der Waals surface area (Å²) < 4.78 is 0. The number of carbonyl (C=O) groups excluding carboxylic acids is 1. The van der Waals surface area contributed by atoms with E-state index in [2.05, 4.69) is 58.8 Å². The van der Waals surface area contributed by atoms with Crippen LogP contribution in [0.5, 0.6) is 0 Å². The Labute approximate surface area is 161 Å². The number of amides is 1. The van der Waals surface area contributed by atoms with Gasteiger partial charge in [-0.3, -0.25) is 4.79 Å². The first-order valence-electron chi connectivity index (χ1n) is 10.1. The van der Waals surface area contributed by atoms with E-state index in [-0.39, 0.29) is 11.3 Å². The molecule has 2 aromatic rings. The van der Waals surface area contributed by atoms with Crippen molar-refractivity contribution in [2.24, 2.45) is 0 Å². The molecule has 3 aliphatic rings. The van der Waals surface area contributed by atoms with E-state index in [9.17, 15) is 4.79 Å². The number of benzene rings is 2. The molecule has 1 spiro atoms. The predicted octanol–water partition coefficient (Wildman–Crippen LogP) is 3.96. The average molecular weight is 358 g/mol. The van der Waals surface area contributed by atoms with Gasteiger partial charge >= 0.3 is 0 Å². The van der Waals surface area contributed by atoms with E-state index in [4.69, 9.17) is 0 Å². The fourth-order valence-electron chi connectivity index (χ4n) is 5.12. The lowest BCUT2D eigenvalue weighted by Crippen LogP contribution is -2.44. The Morgan fingerprint density at radius 1 is 1.04 bits per heavy atom. The summed E-state index contributed by atoms with van der Waals surface area (Å²) in [6, 6.07) is 16.9. The third kappa shape index (κ3) is 2.81. The molecule has 3 heteroatoms. The third-order valence-corrected chi connectivity index (χ3v) is 6.71. The molecular weight excluding hydrogens is 332 g/mol. The summed E-state index contributed by atoms with van der Waals surface area (Å²) in [4.78, 5) is 15.4. The first kappa shape index (κ1) is 16.8. The van der Waals surface area contributed by atoms with Crippen molar-refractivity contribution < 1.29 is 4.79 Å². The minimum atomic E-state index is 0.127. The van der Waals surface area contributed by atoms with Crippen LogP contribution in [0.15, 0.2) is 54.6 Å². The second-order valence-electron chi connectivity index (χ2n) is 8.15. The summed E-state index contributed by atoms with van der Waals surface area (Å²) in [7, 11) is 0. The number of carbonyl (C=O) groups is 1. The number of nitrogens with one attached hydrogen (secondary N) is 1. The van der Waals surface area contributed by atoms with Crippen LogP contribution in [-0.2, 0) is 5.41 Å². The molecule has 0 saturated carbocycles. The van der Waals surface area contributed by atoms with E-state index >= 15 is 0 Å². The van der Waals surface area contributed by atoms with Crippen LogP contribution in [0.25, 0.3) is 6.08 Å². The first-order chi connectivity index (χ1) is 13.3. The largest absolute Gasteiger partial charge is 0.339 e. The van der Waals surface area contributed by atoms with E-state index in [0.717, 1.165) is 51.0 Å². The Morgan fingerprint density at radius 3 is 2.63 bits per heavy atom. The van der Waals surface area contributed by atoms with Crippen LogP contribution >= 0.6 is 0 Å². The highest BCUT2D eigenvalue weighted by Gasteiger charge is 2.39. The number of allylic oxidation sites excluding steroid dienone is 1. The number of rotatable bonds is 2. The van der Waals surface area contributed by atoms with Gasteiger partial charge in [-0.15, -0.1) is 0 Å². The Kier molecular flexibility index (Phi) is 4.13. The Bertz CT molecular complexity index is 887. The number of hydrogen-bond donors (Lipinski definition) is 1. The zero-order valence-corrected chi connectivity index (χ0v) is 15.7. The molecule has 2 heterocycles. The van der Waals surface area contributed by atoms with E-state index in [1.807, 2.05) is 12.1 Å². The maximum absolute atomic E-state index is 13.3. The SMILES string of the molecule is O=C(c1ccccc1C1CCNC1)N1CCC2(C=Cc3ccccc32)CC1. The fraction of sp³-hybridized carbons (Fsp3) is 0.375. The van der Waals surface area contributed by atoms with Crippen LogP contribution in [0.2, 0.25) is 0 Å². The third-order valence-electron chi connectivity index (χ3n) is 6.71. The molecule has 0 aromatic heterocycles. The Hall–Kier alpha value is -2.39. The maximum atomic E-state index is 13.3. The number of piperidine rings is 1. The highest BCUT2D eigenvalue weighted by atomic mass is 16.2. The van der Waals surface area contributed by atoms with Crippen molar-refractivity contribution in [1.29, 1.82) is 0 Å². The molecule has 1 aliphatic carbocycles. The molecule has 1 unspecified atom stereocenters. The van der Waals surface area contributed by atoms with Crippen molar-refractivity contribution in [2.75, 3.05) is 26.2 Å². The second-order valence-corrected chi connectivity index (χ2v) is 8.15. The molecule has 1 amide bonds. The molecule has 1 atom stereocenters. The van der Waals surface area contributed by atoms with Crippen molar-refractivity contribution >= 4 is 12.0 Å². The zero-order chi connectivity index (χ0) is 18.3. The molecule has 0 bridgehead atoms. The minimum absolute atomic E-state index is 0.127. The van der Waals surface area contributed by atoms with Gasteiger partial charge in [-0.1, -0.05) is 54.6 Å². The average Bonchev–Trinajstić information content (AvgIpc) is 3.38. The van der Waals surface area contributed by atoms with Crippen LogP contribution < -0.4 is 5.32 Å². The summed E-state index contributed by atoms with van der Waals surface area (Å²) in [6.45, 7) is 3.68. The summed E-state index contributed by atoms with van der Waals surface area (Å²) >= 11 is 0. The summed E-state index contributed by atoms with van der Waals surface area (Å²) in [5, 5.41) is 3.43. The highest BCUT2D eigenvalue weighted by molar-refractivity contribution is 5.96. The van der Waals surface area contributed by atoms with E-state index in [0.29, 0.717) is 5.92 Å². The first-order valence-corrected chi connectivity index (χ1v) is 10.1. The normalized spacial score (nSPS) is 23.0. The van der Waals surface area contributed by atoms with Gasteiger partial charge in [0.2, 0.25) is 0 Å². The quantitative estimate of drug-likeness (QED) is 0.881. The van der Waals surface area contributed by atoms with Crippen molar-refractivity contribution in [3.8, 4) is 0 Å². The molecule has 2 fully saturated rings. The fourth-order valence-corrected chi connectivity index (χ4v) is 5.12. The van der Waals surface area contributed by atoms with Gasteiger partial charge in [-0.25, -0.2) is 0 Å². The van der Waals surface area contributed by atoms with Gasteiger partial charge in [0, 0.05) is 30.6 Å². The summed E-state index contributed by atoms with van der Waals surface area (Å²) in [5.41, 5.74) is 5.04. The standard InChI is InChI=1S/C24H26N2O/c27-23(21-7-3-2-6-20(21)19-10-14-25-17-19)26-15-12-24(13-16-26)11-9-18-5-1-4-8-22(18)24/h1-9,11,19,25H,10,12-17H2. The molecule has 5 rings (SSSR count). The van der Waals surface area contributed by atoms with E-state index in [1.165, 1.54) is 16.7 Å². The van der Waals surface area contributed by atoms with Gasteiger partial charge in [0.25, 0.3) is 5.91 Å². The smallest absolute Gasteiger partial charge is 0.254 e. The topological polar surface area (TPSA) is 32.3 Å². The number of nitrogens with zero attached hydrogens (tertiary/aromatic N) is 1. The molecule has 2 aromatic carbocycles. The molecule has 2 aliphatic heterocycles. The van der Waals surface area contributed by atoms with E-state index in [1.54, 1.807) is 0 Å². The van der Waals surface area contributed by atoms with E-state index < -0.39 is 0 Å². The predicted molar refractivity (Wildman–Crippen MR) is 109 cm³/mol. The van der Waals surface area contributed by atoms with Crippen LogP contribution in [-0.4, -0.2) is 37.0 Å². The number of likely N-dealkylation sites (tertiary alicyclic amines) is 1. The van der Waals surface area contributed by atoms with Crippen LogP contribution in [0.3, 0.4) is 0 Å². The maximum Gasteiger partial charge on any atom is 0.254 e. The molecule has 138 valence electrons. The zero-order valence-electron chi connectivity index (χ0n) is 15.7. The lowest BCUT2D eigenvalue weighted by molar-refractivity contribution is 0.0689. The van der Waals surface area contributed by atoms with Crippen molar-refractivity contribution in [1.82, 2.24) is 10.2 Å². The van der Waals surface area contributed by atoms with Gasteiger partial charge in [0.15, 0.2) is 0 Å². The summed E-state index contributed by atoms with van der Waals surface area (Å²) in [6.07, 6.45) is 7.78. The van der Waals surface area contributed by atoms with Gasteiger partial charge in [0.1, 0.15) is 0 Å². The lowest BCUT2D eigenvalue weighted by Gasteiger charge is -2.39. The molecule has 2 saturated heterocycles. The number of fused-ring (bicyclic) bond motifs is 2. The lowest BCUT2D eigenvalue weighted by atomic mass is 9.74. The molecule has 27 heavy (non-hydrogen) atoms. The van der Waals surface area contributed by atoms with Crippen LogP contribution in [0.4, 0.5) is 0 Å². The van der Waals surface area contributed by atoms with Gasteiger partial charge in [-0.05, 0) is 54.5 Å². The van der Waals surface area contributed by atoms with Gasteiger partial charge in [0.05, 0.1) is 0 Å². The van der Waals surface area contributed by atoms with Crippen molar-refractivity contribution in [2.45, 2.75) is 30.6 Å². The second kappa shape index (κ2) is 6.65. The van der Waals surface area contributed by atoms with Gasteiger partial charge in [-0.2, -0.15) is 0 Å². The molecule has 0 radical (unpaired) electrons. The summed E-state index contributed by atoms with van der Waals surface area (Å²) in [5.74, 6) is 0.675. The number of hydrogen-bond acceptors (Lipinski definition) is 2. The monoisotopic (exact) mass is 358 g/mol. The van der Waals surface area contributed by atoms with Crippen LogP contribution in [0, 0.1) is 0 Å². The minimum Gasteiger partial charge on any atom is -0.339 e.